The Morgan fingerprint density at radius 3 is 2.42 bits per heavy atom. The zero-order valence-corrected chi connectivity index (χ0v) is 19.7. The predicted octanol–water partition coefficient (Wildman–Crippen LogP) is 4.63. The van der Waals surface area contributed by atoms with Crippen LogP contribution in [-0.4, -0.2) is 39.0 Å². The van der Waals surface area contributed by atoms with Crippen LogP contribution in [0.25, 0.3) is 22.4 Å². The average molecular weight is 488 g/mol. The van der Waals surface area contributed by atoms with Crippen molar-refractivity contribution >= 4 is 17.5 Å². The zero-order valence-electron chi connectivity index (χ0n) is 19.7. The minimum Gasteiger partial charge on any atom is -0.354 e. The summed E-state index contributed by atoms with van der Waals surface area (Å²) in [5.41, 5.74) is 4.13. The third kappa shape index (κ3) is 5.38. The van der Waals surface area contributed by atoms with Gasteiger partial charge in [0, 0.05) is 37.6 Å². The van der Waals surface area contributed by atoms with Crippen LogP contribution in [0.3, 0.4) is 0 Å². The van der Waals surface area contributed by atoms with E-state index in [1.165, 1.54) is 7.05 Å². The fourth-order valence-corrected chi connectivity index (χ4v) is 3.52. The molecule has 0 bridgehead atoms. The molecule has 0 aliphatic heterocycles. The molecule has 8 nitrogen and oxygen atoms in total. The summed E-state index contributed by atoms with van der Waals surface area (Å²) in [4.78, 5) is 33.2. The predicted molar refractivity (Wildman–Crippen MR) is 131 cm³/mol. The molecule has 10 heteroatoms. The Morgan fingerprint density at radius 2 is 1.67 bits per heavy atom. The molecule has 0 atom stereocenters. The molecule has 4 aromatic rings. The lowest BCUT2D eigenvalue weighted by atomic mass is 9.98. The van der Waals surface area contributed by atoms with Crippen molar-refractivity contribution in [1.29, 1.82) is 0 Å². The van der Waals surface area contributed by atoms with E-state index in [0.717, 1.165) is 34.5 Å². The number of aromatic nitrogens is 4. The van der Waals surface area contributed by atoms with Gasteiger partial charge < -0.3 is 10.6 Å². The van der Waals surface area contributed by atoms with Crippen LogP contribution in [0.4, 0.5) is 14.5 Å². The molecule has 0 aliphatic carbocycles. The van der Waals surface area contributed by atoms with Gasteiger partial charge in [-0.15, -0.1) is 5.10 Å². The first-order valence-electron chi connectivity index (χ1n) is 10.9. The molecule has 0 radical (unpaired) electrons. The molecule has 36 heavy (non-hydrogen) atoms. The number of aryl methyl sites for hydroxylation is 1. The van der Waals surface area contributed by atoms with Crippen LogP contribution in [0.1, 0.15) is 39.0 Å². The number of hydrogen-bond donors (Lipinski definition) is 2. The molecule has 3 aromatic heterocycles. The van der Waals surface area contributed by atoms with Gasteiger partial charge in [-0.3, -0.25) is 19.6 Å². The number of nitrogens with one attached hydrogen (secondary N) is 2. The number of nitrogens with zero attached hydrogens (tertiary/aromatic N) is 4. The van der Waals surface area contributed by atoms with E-state index < -0.39 is 17.5 Å². The summed E-state index contributed by atoms with van der Waals surface area (Å²) < 4.78 is 27.2. The Morgan fingerprint density at radius 1 is 0.917 bits per heavy atom. The van der Waals surface area contributed by atoms with Gasteiger partial charge in [-0.05, 0) is 66.1 Å². The molecule has 0 aliphatic rings. The lowest BCUT2D eigenvalue weighted by molar-refractivity contribution is 0.0117. The molecule has 0 spiro atoms. The second-order valence-corrected chi connectivity index (χ2v) is 8.14. The van der Waals surface area contributed by atoms with E-state index in [4.69, 9.17) is 0 Å². The molecule has 0 fully saturated rings. The van der Waals surface area contributed by atoms with Crippen LogP contribution in [-0.2, 0) is 5.92 Å². The third-order valence-electron chi connectivity index (χ3n) is 5.45. The summed E-state index contributed by atoms with van der Waals surface area (Å²) in [6, 6.07) is 13.5. The number of carbonyl (C=O) groups is 2. The molecular formula is C26H22F2N6O2. The van der Waals surface area contributed by atoms with Crippen molar-refractivity contribution in [2.75, 3.05) is 12.4 Å². The topological polar surface area (TPSA) is 110 Å². The number of anilines is 1. The first-order chi connectivity index (χ1) is 17.2. The Bertz CT molecular complexity index is 1450. The Labute approximate surface area is 205 Å². The van der Waals surface area contributed by atoms with Gasteiger partial charge in [-0.25, -0.2) is 0 Å². The number of benzene rings is 1. The van der Waals surface area contributed by atoms with Crippen LogP contribution < -0.4 is 10.6 Å². The van der Waals surface area contributed by atoms with E-state index in [2.05, 4.69) is 30.8 Å². The van der Waals surface area contributed by atoms with Crippen molar-refractivity contribution in [2.24, 2.45) is 0 Å². The lowest BCUT2D eigenvalue weighted by Gasteiger charge is -2.13. The number of pyridine rings is 2. The van der Waals surface area contributed by atoms with Crippen molar-refractivity contribution in [3.8, 4) is 22.4 Å². The van der Waals surface area contributed by atoms with Gasteiger partial charge in [0.15, 0.2) is 0 Å². The van der Waals surface area contributed by atoms with Crippen LogP contribution in [0.2, 0.25) is 0 Å². The van der Waals surface area contributed by atoms with Gasteiger partial charge in [0.05, 0.1) is 17.5 Å². The van der Waals surface area contributed by atoms with Crippen molar-refractivity contribution in [3.63, 3.8) is 0 Å². The average Bonchev–Trinajstić information content (AvgIpc) is 2.89. The second-order valence-electron chi connectivity index (χ2n) is 8.14. The van der Waals surface area contributed by atoms with E-state index in [9.17, 15) is 18.4 Å². The van der Waals surface area contributed by atoms with E-state index in [-0.39, 0.29) is 17.2 Å². The first kappa shape index (κ1) is 24.5. The van der Waals surface area contributed by atoms with Crippen molar-refractivity contribution < 1.29 is 18.4 Å². The lowest BCUT2D eigenvalue weighted by Crippen LogP contribution is -2.19. The highest BCUT2D eigenvalue weighted by atomic mass is 19.3. The number of alkyl halides is 2. The fraction of sp³-hybridized carbons (Fsp3) is 0.154. The minimum atomic E-state index is -3.21. The van der Waals surface area contributed by atoms with Gasteiger partial charge in [0.25, 0.3) is 17.7 Å². The largest absolute Gasteiger partial charge is 0.354 e. The van der Waals surface area contributed by atoms with Gasteiger partial charge in [-0.2, -0.15) is 13.9 Å². The molecule has 4 rings (SSSR count). The summed E-state index contributed by atoms with van der Waals surface area (Å²) in [5, 5.41) is 12.2. The zero-order chi connectivity index (χ0) is 25.9. The summed E-state index contributed by atoms with van der Waals surface area (Å²) in [6.07, 6.45) is 4.34. The Kier molecular flexibility index (Phi) is 6.77. The number of halogens is 2. The quantitative estimate of drug-likeness (QED) is 0.410. The van der Waals surface area contributed by atoms with Crippen LogP contribution in [0.15, 0.2) is 67.1 Å². The monoisotopic (exact) mass is 488 g/mol. The highest BCUT2D eigenvalue weighted by Gasteiger charge is 2.27. The van der Waals surface area contributed by atoms with E-state index in [0.29, 0.717) is 18.3 Å². The minimum absolute atomic E-state index is 0.0283. The highest BCUT2D eigenvalue weighted by Crippen LogP contribution is 2.30. The molecule has 182 valence electrons. The maximum absolute atomic E-state index is 13.6. The maximum atomic E-state index is 13.6. The highest BCUT2D eigenvalue weighted by molar-refractivity contribution is 6.04. The smallest absolute Gasteiger partial charge is 0.288 e. The van der Waals surface area contributed by atoms with E-state index in [1.54, 1.807) is 36.7 Å². The molecule has 2 N–H and O–H groups in total. The summed E-state index contributed by atoms with van der Waals surface area (Å²) in [5.74, 6) is -4.10. The van der Waals surface area contributed by atoms with Crippen molar-refractivity contribution in [1.82, 2.24) is 25.5 Å². The molecule has 0 saturated heterocycles. The Hall–Kier alpha value is -4.60. The summed E-state index contributed by atoms with van der Waals surface area (Å²) in [6.45, 7) is 2.62. The molecule has 2 amide bonds. The first-order valence-corrected chi connectivity index (χ1v) is 10.9. The van der Waals surface area contributed by atoms with Gasteiger partial charge in [-0.1, -0.05) is 6.07 Å². The molecular weight excluding hydrogens is 466 g/mol. The summed E-state index contributed by atoms with van der Waals surface area (Å²) in [7, 11) is 1.54. The standard InChI is InChI=1S/C26H22F2N6O2/c1-15-4-5-19(33-24(35)18-12-23(26(2,27)28)34-32-14-18)13-20(15)16-6-8-30-21(10-16)17-7-9-31-22(11-17)25(36)29-3/h4-14H,1-3H3,(H,29,36)(H,33,35). The molecule has 0 saturated carbocycles. The SMILES string of the molecule is CNC(=O)c1cc(-c2cc(-c3cc(NC(=O)c4cnnc(C(C)(F)F)c4)ccc3C)ccn2)ccn1. The number of amides is 2. The molecule has 3 heterocycles. The van der Waals surface area contributed by atoms with E-state index in [1.807, 2.05) is 25.1 Å². The van der Waals surface area contributed by atoms with Gasteiger partial charge >= 0.3 is 0 Å². The van der Waals surface area contributed by atoms with Crippen LogP contribution in [0, 0.1) is 6.92 Å². The van der Waals surface area contributed by atoms with Crippen LogP contribution >= 0.6 is 0 Å². The fourth-order valence-electron chi connectivity index (χ4n) is 3.52. The van der Waals surface area contributed by atoms with Gasteiger partial charge in [0.1, 0.15) is 11.4 Å². The number of carbonyl (C=O) groups excluding carboxylic acids is 2. The van der Waals surface area contributed by atoms with E-state index >= 15 is 0 Å². The molecule has 1 aromatic carbocycles. The Balaban J connectivity index is 1.63. The van der Waals surface area contributed by atoms with Crippen LogP contribution in [0.5, 0.6) is 0 Å². The maximum Gasteiger partial charge on any atom is 0.288 e. The van der Waals surface area contributed by atoms with Crippen molar-refractivity contribution in [2.45, 2.75) is 19.8 Å². The third-order valence-corrected chi connectivity index (χ3v) is 5.45. The number of hydrogen-bond acceptors (Lipinski definition) is 6. The van der Waals surface area contributed by atoms with Crippen molar-refractivity contribution in [3.05, 3.63) is 89.6 Å². The molecule has 0 unspecified atom stereocenters. The summed E-state index contributed by atoms with van der Waals surface area (Å²) >= 11 is 0. The second kappa shape index (κ2) is 9.95. The van der Waals surface area contributed by atoms with Gasteiger partial charge in [0.2, 0.25) is 0 Å². The number of rotatable bonds is 6. The normalized spacial score (nSPS) is 11.1.